The average molecular weight is 273 g/mol. The van der Waals surface area contributed by atoms with Crippen LogP contribution in [0.4, 0.5) is 4.39 Å². The zero-order valence-electron chi connectivity index (χ0n) is 11.8. The van der Waals surface area contributed by atoms with E-state index in [9.17, 15) is 9.50 Å². The van der Waals surface area contributed by atoms with Crippen molar-refractivity contribution in [2.24, 2.45) is 5.73 Å². The third kappa shape index (κ3) is 2.89. The molecule has 0 bridgehead atoms. The predicted molar refractivity (Wildman–Crippen MR) is 79.1 cm³/mol. The SMILES string of the molecule is Cc1cccc(C(O)C(CN)c2ccc(F)cc2)c1C. The van der Waals surface area contributed by atoms with Gasteiger partial charge in [-0.1, -0.05) is 30.3 Å². The summed E-state index contributed by atoms with van der Waals surface area (Å²) in [6.07, 6.45) is -0.689. The van der Waals surface area contributed by atoms with Crippen LogP contribution >= 0.6 is 0 Å². The largest absolute Gasteiger partial charge is 0.388 e. The van der Waals surface area contributed by atoms with Crippen molar-refractivity contribution in [1.29, 1.82) is 0 Å². The van der Waals surface area contributed by atoms with Crippen molar-refractivity contribution in [3.63, 3.8) is 0 Å². The van der Waals surface area contributed by atoms with Crippen LogP contribution in [0.15, 0.2) is 42.5 Å². The van der Waals surface area contributed by atoms with E-state index in [0.717, 1.165) is 22.3 Å². The van der Waals surface area contributed by atoms with Crippen LogP contribution in [0.3, 0.4) is 0 Å². The standard InChI is InChI=1S/C17H20FNO/c1-11-4-3-5-15(12(11)2)17(20)16(10-19)13-6-8-14(18)9-7-13/h3-9,16-17,20H,10,19H2,1-2H3. The van der Waals surface area contributed by atoms with Gasteiger partial charge in [0.1, 0.15) is 5.82 Å². The van der Waals surface area contributed by atoms with E-state index in [-0.39, 0.29) is 11.7 Å². The van der Waals surface area contributed by atoms with Gasteiger partial charge in [0.15, 0.2) is 0 Å². The van der Waals surface area contributed by atoms with E-state index in [1.807, 2.05) is 32.0 Å². The van der Waals surface area contributed by atoms with Gasteiger partial charge in [-0.05, 0) is 48.2 Å². The number of aryl methyl sites for hydroxylation is 1. The maximum atomic E-state index is 13.0. The van der Waals surface area contributed by atoms with Crippen LogP contribution in [0.2, 0.25) is 0 Å². The number of hydrogen-bond acceptors (Lipinski definition) is 2. The first kappa shape index (κ1) is 14.7. The maximum absolute atomic E-state index is 13.0. The fourth-order valence-electron chi connectivity index (χ4n) is 2.47. The van der Waals surface area contributed by atoms with E-state index in [4.69, 9.17) is 5.73 Å². The second-order valence-corrected chi connectivity index (χ2v) is 5.13. The lowest BCUT2D eigenvalue weighted by molar-refractivity contribution is 0.146. The Morgan fingerprint density at radius 1 is 1.10 bits per heavy atom. The van der Waals surface area contributed by atoms with Gasteiger partial charge in [0, 0.05) is 12.5 Å². The molecule has 0 saturated heterocycles. The minimum atomic E-state index is -0.689. The Kier molecular flexibility index (Phi) is 4.53. The summed E-state index contributed by atoms with van der Waals surface area (Å²) in [6.45, 7) is 4.31. The Balaban J connectivity index is 2.36. The molecule has 0 aromatic heterocycles. The number of aliphatic hydroxyl groups excluding tert-OH is 1. The van der Waals surface area contributed by atoms with Gasteiger partial charge in [-0.2, -0.15) is 0 Å². The molecule has 3 heteroatoms. The third-order valence-corrected chi connectivity index (χ3v) is 3.90. The highest BCUT2D eigenvalue weighted by Gasteiger charge is 2.23. The topological polar surface area (TPSA) is 46.2 Å². The fraction of sp³-hybridized carbons (Fsp3) is 0.294. The van der Waals surface area contributed by atoms with Gasteiger partial charge in [-0.25, -0.2) is 4.39 Å². The van der Waals surface area contributed by atoms with Crippen molar-refractivity contribution in [1.82, 2.24) is 0 Å². The fourth-order valence-corrected chi connectivity index (χ4v) is 2.47. The average Bonchev–Trinajstić information content (AvgIpc) is 2.44. The van der Waals surface area contributed by atoms with Gasteiger partial charge in [0.2, 0.25) is 0 Å². The molecule has 2 aromatic rings. The molecule has 0 amide bonds. The van der Waals surface area contributed by atoms with Crippen LogP contribution in [0.5, 0.6) is 0 Å². The summed E-state index contributed by atoms with van der Waals surface area (Å²) in [7, 11) is 0. The van der Waals surface area contributed by atoms with Crippen molar-refractivity contribution < 1.29 is 9.50 Å². The lowest BCUT2D eigenvalue weighted by Crippen LogP contribution is -2.21. The minimum Gasteiger partial charge on any atom is -0.388 e. The van der Waals surface area contributed by atoms with Gasteiger partial charge in [0.05, 0.1) is 6.10 Å². The Morgan fingerprint density at radius 2 is 1.75 bits per heavy atom. The zero-order chi connectivity index (χ0) is 14.7. The molecule has 0 radical (unpaired) electrons. The Bertz CT molecular complexity index is 580. The molecule has 106 valence electrons. The summed E-state index contributed by atoms with van der Waals surface area (Å²) in [6, 6.07) is 12.0. The van der Waals surface area contributed by atoms with Crippen LogP contribution < -0.4 is 5.73 Å². The quantitative estimate of drug-likeness (QED) is 0.898. The van der Waals surface area contributed by atoms with Crippen molar-refractivity contribution in [3.05, 3.63) is 70.5 Å². The second kappa shape index (κ2) is 6.16. The van der Waals surface area contributed by atoms with Crippen molar-refractivity contribution in [2.75, 3.05) is 6.54 Å². The highest BCUT2D eigenvalue weighted by molar-refractivity contribution is 5.37. The molecule has 3 N–H and O–H groups in total. The molecule has 0 saturated carbocycles. The maximum Gasteiger partial charge on any atom is 0.123 e. The third-order valence-electron chi connectivity index (χ3n) is 3.90. The molecule has 0 spiro atoms. The summed E-state index contributed by atoms with van der Waals surface area (Å²) in [4.78, 5) is 0. The normalized spacial score (nSPS) is 14.1. The van der Waals surface area contributed by atoms with E-state index in [1.165, 1.54) is 12.1 Å². The number of rotatable bonds is 4. The molecule has 2 unspecified atom stereocenters. The first-order chi connectivity index (χ1) is 9.54. The van der Waals surface area contributed by atoms with Crippen LogP contribution in [0, 0.1) is 19.7 Å². The Labute approximate surface area is 119 Å². The second-order valence-electron chi connectivity index (χ2n) is 5.13. The molecule has 0 aliphatic rings. The molecule has 0 fully saturated rings. The van der Waals surface area contributed by atoms with Crippen molar-refractivity contribution >= 4 is 0 Å². The van der Waals surface area contributed by atoms with E-state index in [2.05, 4.69) is 0 Å². The molecule has 0 heterocycles. The highest BCUT2D eigenvalue weighted by atomic mass is 19.1. The molecule has 0 aliphatic heterocycles. The molecule has 0 aliphatic carbocycles. The number of benzene rings is 2. The van der Waals surface area contributed by atoms with E-state index >= 15 is 0 Å². The van der Waals surface area contributed by atoms with Crippen LogP contribution in [-0.4, -0.2) is 11.7 Å². The van der Waals surface area contributed by atoms with E-state index < -0.39 is 6.10 Å². The summed E-state index contributed by atoms with van der Waals surface area (Å²) in [5.74, 6) is -0.526. The van der Waals surface area contributed by atoms with Crippen LogP contribution in [-0.2, 0) is 0 Å². The first-order valence-corrected chi connectivity index (χ1v) is 6.74. The predicted octanol–water partition coefficient (Wildman–Crippen LogP) is 3.22. The first-order valence-electron chi connectivity index (χ1n) is 6.74. The summed E-state index contributed by atoms with van der Waals surface area (Å²) in [5.41, 5.74) is 9.75. The summed E-state index contributed by atoms with van der Waals surface area (Å²) in [5, 5.41) is 10.6. The van der Waals surface area contributed by atoms with Crippen LogP contribution in [0.1, 0.15) is 34.3 Å². The van der Waals surface area contributed by atoms with Crippen LogP contribution in [0.25, 0.3) is 0 Å². The van der Waals surface area contributed by atoms with Gasteiger partial charge in [-0.3, -0.25) is 0 Å². The van der Waals surface area contributed by atoms with Gasteiger partial charge >= 0.3 is 0 Å². The Morgan fingerprint density at radius 3 is 2.35 bits per heavy atom. The minimum absolute atomic E-state index is 0.240. The van der Waals surface area contributed by atoms with Crippen molar-refractivity contribution in [2.45, 2.75) is 25.9 Å². The highest BCUT2D eigenvalue weighted by Crippen LogP contribution is 2.32. The molecule has 20 heavy (non-hydrogen) atoms. The molecule has 2 rings (SSSR count). The molecule has 2 atom stereocenters. The zero-order valence-corrected chi connectivity index (χ0v) is 11.8. The monoisotopic (exact) mass is 273 g/mol. The number of hydrogen-bond donors (Lipinski definition) is 2. The number of aliphatic hydroxyl groups is 1. The van der Waals surface area contributed by atoms with E-state index in [0.29, 0.717) is 6.54 Å². The smallest absolute Gasteiger partial charge is 0.123 e. The summed E-state index contributed by atoms with van der Waals surface area (Å²) >= 11 is 0. The van der Waals surface area contributed by atoms with E-state index in [1.54, 1.807) is 12.1 Å². The molecule has 2 nitrogen and oxygen atoms in total. The van der Waals surface area contributed by atoms with Gasteiger partial charge in [-0.15, -0.1) is 0 Å². The molecule has 2 aromatic carbocycles. The number of nitrogens with two attached hydrogens (primary N) is 1. The number of halogens is 1. The lowest BCUT2D eigenvalue weighted by atomic mass is 9.86. The van der Waals surface area contributed by atoms with Gasteiger partial charge in [0.25, 0.3) is 0 Å². The molecular formula is C17H20FNO. The lowest BCUT2D eigenvalue weighted by Gasteiger charge is -2.24. The summed E-state index contributed by atoms with van der Waals surface area (Å²) < 4.78 is 13.0. The van der Waals surface area contributed by atoms with Crippen molar-refractivity contribution in [3.8, 4) is 0 Å². The Hall–Kier alpha value is -1.71. The van der Waals surface area contributed by atoms with Gasteiger partial charge < -0.3 is 10.8 Å². The molecular weight excluding hydrogens is 253 g/mol.